The molecule has 22 heavy (non-hydrogen) atoms. The molecule has 0 N–H and O–H groups in total. The summed E-state index contributed by atoms with van der Waals surface area (Å²) in [7, 11) is 0. The Balaban J connectivity index is 1.70. The average molecular weight is 359 g/mol. The predicted octanol–water partition coefficient (Wildman–Crippen LogP) is 3.89. The molecule has 0 radical (unpaired) electrons. The summed E-state index contributed by atoms with van der Waals surface area (Å²) in [4.78, 5) is 15.0. The molecule has 0 saturated heterocycles. The van der Waals surface area contributed by atoms with E-state index in [1.54, 1.807) is 24.3 Å². The lowest BCUT2D eigenvalue weighted by atomic mass is 10.2. The fraction of sp³-hybridized carbons (Fsp3) is 0.0625. The number of hydrogen-bond donors (Lipinski definition) is 0. The number of hydrogen-bond acceptors (Lipinski definition) is 5. The molecule has 0 aliphatic carbocycles. The van der Waals surface area contributed by atoms with Crippen molar-refractivity contribution in [2.45, 2.75) is 6.61 Å². The molecule has 0 saturated carbocycles. The molecule has 0 amide bonds. The average Bonchev–Trinajstić information content (AvgIpc) is 3.02. The number of halogens is 1. The van der Waals surface area contributed by atoms with Gasteiger partial charge in [-0.05, 0) is 24.3 Å². The number of carbonyl (C=O) groups excluding carboxylic acids is 1. The maximum Gasteiger partial charge on any atom is 0.264 e. The second-order valence-corrected chi connectivity index (χ2v) is 5.42. The molecule has 110 valence electrons. The molecule has 0 fully saturated rings. The normalized spacial score (nSPS) is 10.4. The van der Waals surface area contributed by atoms with E-state index in [2.05, 4.69) is 26.1 Å². The van der Waals surface area contributed by atoms with Crippen LogP contribution in [0.2, 0.25) is 0 Å². The first-order chi connectivity index (χ1) is 10.7. The zero-order valence-corrected chi connectivity index (χ0v) is 13.0. The molecular formula is C16H11BrN2O3. The van der Waals surface area contributed by atoms with Crippen LogP contribution in [0.15, 0.2) is 57.5 Å². The van der Waals surface area contributed by atoms with Gasteiger partial charge in [0, 0.05) is 15.6 Å². The smallest absolute Gasteiger partial charge is 0.264 e. The van der Waals surface area contributed by atoms with Gasteiger partial charge in [0.05, 0.1) is 0 Å². The number of aromatic nitrogens is 2. The van der Waals surface area contributed by atoms with Crippen molar-refractivity contribution in [1.29, 1.82) is 0 Å². The first-order valence-corrected chi connectivity index (χ1v) is 7.30. The summed E-state index contributed by atoms with van der Waals surface area (Å²) in [6.45, 7) is 0.142. The largest absolute Gasteiger partial charge is 0.484 e. The maximum atomic E-state index is 10.7. The van der Waals surface area contributed by atoms with Gasteiger partial charge in [-0.25, -0.2) is 0 Å². The maximum absolute atomic E-state index is 10.7. The van der Waals surface area contributed by atoms with E-state index in [0.29, 0.717) is 23.0 Å². The first-order valence-electron chi connectivity index (χ1n) is 6.51. The van der Waals surface area contributed by atoms with Crippen molar-refractivity contribution in [2.24, 2.45) is 0 Å². The van der Waals surface area contributed by atoms with Gasteiger partial charge in [0.1, 0.15) is 12.0 Å². The SMILES string of the molecule is O=Cc1cccc(OCc2nc(-c3cccc(Br)c3)no2)c1. The number of aldehydes is 1. The monoisotopic (exact) mass is 358 g/mol. The van der Waals surface area contributed by atoms with Gasteiger partial charge in [0.15, 0.2) is 6.61 Å². The predicted molar refractivity (Wildman–Crippen MR) is 83.6 cm³/mol. The first kappa shape index (κ1) is 14.5. The van der Waals surface area contributed by atoms with Gasteiger partial charge >= 0.3 is 0 Å². The van der Waals surface area contributed by atoms with Crippen LogP contribution >= 0.6 is 15.9 Å². The van der Waals surface area contributed by atoms with E-state index < -0.39 is 0 Å². The second kappa shape index (κ2) is 6.53. The zero-order chi connectivity index (χ0) is 15.4. The van der Waals surface area contributed by atoms with Crippen LogP contribution < -0.4 is 4.74 Å². The zero-order valence-electron chi connectivity index (χ0n) is 11.4. The summed E-state index contributed by atoms with van der Waals surface area (Å²) in [5.74, 6) is 1.44. The van der Waals surface area contributed by atoms with Gasteiger partial charge in [-0.15, -0.1) is 0 Å². The molecule has 1 aromatic heterocycles. The molecule has 3 rings (SSSR count). The van der Waals surface area contributed by atoms with Crippen LogP contribution in [-0.2, 0) is 6.61 Å². The van der Waals surface area contributed by atoms with E-state index in [4.69, 9.17) is 9.26 Å². The molecule has 0 bridgehead atoms. The molecule has 6 heteroatoms. The summed E-state index contributed by atoms with van der Waals surface area (Å²) in [6.07, 6.45) is 0.769. The van der Waals surface area contributed by atoms with Crippen molar-refractivity contribution in [3.8, 4) is 17.1 Å². The topological polar surface area (TPSA) is 65.2 Å². The number of rotatable bonds is 5. The molecule has 2 aromatic carbocycles. The van der Waals surface area contributed by atoms with Crippen molar-refractivity contribution in [1.82, 2.24) is 10.1 Å². The summed E-state index contributed by atoms with van der Waals surface area (Å²) in [5.41, 5.74) is 1.41. The van der Waals surface area contributed by atoms with Gasteiger partial charge in [0.2, 0.25) is 5.82 Å². The van der Waals surface area contributed by atoms with Crippen LogP contribution in [0, 0.1) is 0 Å². The molecule has 0 unspecified atom stereocenters. The highest BCUT2D eigenvalue weighted by Crippen LogP contribution is 2.21. The lowest BCUT2D eigenvalue weighted by Crippen LogP contribution is -1.96. The number of nitrogens with zero attached hydrogens (tertiary/aromatic N) is 2. The Bertz CT molecular complexity index is 801. The van der Waals surface area contributed by atoms with Crippen LogP contribution in [0.3, 0.4) is 0 Å². The minimum absolute atomic E-state index is 0.142. The molecular weight excluding hydrogens is 348 g/mol. The van der Waals surface area contributed by atoms with Crippen molar-refractivity contribution >= 4 is 22.2 Å². The summed E-state index contributed by atoms with van der Waals surface area (Å²) in [5, 5.41) is 3.93. The number of benzene rings is 2. The fourth-order valence-electron chi connectivity index (χ4n) is 1.88. The van der Waals surface area contributed by atoms with Crippen molar-refractivity contribution < 1.29 is 14.1 Å². The number of carbonyl (C=O) groups is 1. The third-order valence-electron chi connectivity index (χ3n) is 2.91. The van der Waals surface area contributed by atoms with Crippen molar-refractivity contribution in [3.05, 3.63) is 64.5 Å². The Morgan fingerprint density at radius 2 is 2.05 bits per heavy atom. The summed E-state index contributed by atoms with van der Waals surface area (Å²) < 4.78 is 11.7. The lowest BCUT2D eigenvalue weighted by molar-refractivity contribution is 0.112. The van der Waals surface area contributed by atoms with Crippen LogP contribution in [0.4, 0.5) is 0 Å². The van der Waals surface area contributed by atoms with E-state index in [0.717, 1.165) is 16.3 Å². The van der Waals surface area contributed by atoms with Crippen LogP contribution in [-0.4, -0.2) is 16.4 Å². The molecule has 3 aromatic rings. The van der Waals surface area contributed by atoms with Gasteiger partial charge < -0.3 is 9.26 Å². The highest BCUT2D eigenvalue weighted by molar-refractivity contribution is 9.10. The Morgan fingerprint density at radius 3 is 2.86 bits per heavy atom. The fourth-order valence-corrected chi connectivity index (χ4v) is 2.28. The standard InChI is InChI=1S/C16H11BrN2O3/c17-13-5-2-4-12(8-13)16-18-15(22-19-16)10-21-14-6-1-3-11(7-14)9-20/h1-9H,10H2. The second-order valence-electron chi connectivity index (χ2n) is 4.50. The summed E-state index contributed by atoms with van der Waals surface area (Å²) in [6, 6.07) is 14.5. The van der Waals surface area contributed by atoms with Gasteiger partial charge in [-0.2, -0.15) is 4.98 Å². The molecule has 0 aliphatic rings. The Hall–Kier alpha value is -2.47. The van der Waals surface area contributed by atoms with E-state index in [1.807, 2.05) is 24.3 Å². The highest BCUT2D eigenvalue weighted by Gasteiger charge is 2.09. The molecule has 0 atom stereocenters. The Morgan fingerprint density at radius 1 is 1.18 bits per heavy atom. The lowest BCUT2D eigenvalue weighted by Gasteiger charge is -2.02. The van der Waals surface area contributed by atoms with Crippen LogP contribution in [0.25, 0.3) is 11.4 Å². The quantitative estimate of drug-likeness (QED) is 0.647. The van der Waals surface area contributed by atoms with E-state index in [-0.39, 0.29) is 6.61 Å². The van der Waals surface area contributed by atoms with Gasteiger partial charge in [-0.3, -0.25) is 4.79 Å². The van der Waals surface area contributed by atoms with Gasteiger partial charge in [-0.1, -0.05) is 45.4 Å². The Labute approximate surface area is 135 Å². The summed E-state index contributed by atoms with van der Waals surface area (Å²) >= 11 is 3.40. The molecule has 1 heterocycles. The van der Waals surface area contributed by atoms with Crippen LogP contribution in [0.1, 0.15) is 16.2 Å². The van der Waals surface area contributed by atoms with E-state index in [9.17, 15) is 4.79 Å². The Kier molecular flexibility index (Phi) is 4.29. The molecule has 5 nitrogen and oxygen atoms in total. The van der Waals surface area contributed by atoms with E-state index >= 15 is 0 Å². The molecule has 0 spiro atoms. The van der Waals surface area contributed by atoms with Crippen LogP contribution in [0.5, 0.6) is 5.75 Å². The van der Waals surface area contributed by atoms with Gasteiger partial charge in [0.25, 0.3) is 5.89 Å². The van der Waals surface area contributed by atoms with E-state index in [1.165, 1.54) is 0 Å². The van der Waals surface area contributed by atoms with Crippen molar-refractivity contribution in [2.75, 3.05) is 0 Å². The third kappa shape index (κ3) is 3.40. The molecule has 0 aliphatic heterocycles. The third-order valence-corrected chi connectivity index (χ3v) is 3.40. The minimum atomic E-state index is 0.142. The number of ether oxygens (including phenoxy) is 1. The van der Waals surface area contributed by atoms with Crippen molar-refractivity contribution in [3.63, 3.8) is 0 Å². The highest BCUT2D eigenvalue weighted by atomic mass is 79.9. The minimum Gasteiger partial charge on any atom is -0.484 e.